The first-order chi connectivity index (χ1) is 12.0. The summed E-state index contributed by atoms with van der Waals surface area (Å²) in [5, 5.41) is 0. The lowest BCUT2D eigenvalue weighted by molar-refractivity contribution is -0.161. The number of amides is 2. The number of esters is 1. The molecular weight excluding hydrogens is 336 g/mol. The second-order valence-corrected chi connectivity index (χ2v) is 7.41. The normalized spacial score (nSPS) is 17.6. The van der Waals surface area contributed by atoms with Crippen molar-refractivity contribution in [1.82, 2.24) is 4.90 Å². The molecule has 1 aromatic carbocycles. The molecule has 1 aliphatic rings. The van der Waals surface area contributed by atoms with Crippen LogP contribution in [0.5, 0.6) is 0 Å². The van der Waals surface area contributed by atoms with Crippen LogP contribution < -0.4 is 5.73 Å². The molecule has 2 atom stereocenters. The van der Waals surface area contributed by atoms with Crippen LogP contribution in [0.1, 0.15) is 72.9 Å². The first-order valence-electron chi connectivity index (χ1n) is 8.48. The fraction of sp³-hybridized carbons (Fsp3) is 0.474. The number of benzene rings is 1. The highest BCUT2D eigenvalue weighted by atomic mass is 16.6. The standard InChI is InChI=1S/C19H24N2O5/c1-11-14-9-12(10-22)5-6-13(14)17(24)21(11)15(7-8-16(20)23)18(25)26-19(2,3)4/h5-6,9-11,15H,7-8H2,1-4H3,(H2,20,23)/t11-,15+/m1/s1. The Morgan fingerprint density at radius 1 is 1.35 bits per heavy atom. The number of ether oxygens (including phenoxy) is 1. The number of hydrogen-bond acceptors (Lipinski definition) is 5. The van der Waals surface area contributed by atoms with Crippen LogP contribution >= 0.6 is 0 Å². The van der Waals surface area contributed by atoms with Gasteiger partial charge in [0.15, 0.2) is 0 Å². The van der Waals surface area contributed by atoms with Gasteiger partial charge in [0, 0.05) is 17.5 Å². The molecule has 26 heavy (non-hydrogen) atoms. The monoisotopic (exact) mass is 360 g/mol. The van der Waals surface area contributed by atoms with Gasteiger partial charge < -0.3 is 15.4 Å². The minimum Gasteiger partial charge on any atom is -0.458 e. The Morgan fingerprint density at radius 3 is 2.54 bits per heavy atom. The maximum atomic E-state index is 12.9. The highest BCUT2D eigenvalue weighted by Gasteiger charge is 2.42. The number of aldehydes is 1. The van der Waals surface area contributed by atoms with Crippen LogP contribution in [0, 0.1) is 0 Å². The number of nitrogens with zero attached hydrogens (tertiary/aromatic N) is 1. The molecule has 0 bridgehead atoms. The van der Waals surface area contributed by atoms with Crippen LogP contribution in [-0.2, 0) is 14.3 Å². The molecule has 7 nitrogen and oxygen atoms in total. The quantitative estimate of drug-likeness (QED) is 0.617. The Morgan fingerprint density at radius 2 is 2.00 bits per heavy atom. The van der Waals surface area contributed by atoms with Crippen molar-refractivity contribution in [3.8, 4) is 0 Å². The van der Waals surface area contributed by atoms with E-state index in [1.165, 1.54) is 4.90 Å². The Bertz CT molecular complexity index is 751. The molecule has 7 heteroatoms. The topological polar surface area (TPSA) is 107 Å². The average molecular weight is 360 g/mol. The van der Waals surface area contributed by atoms with Gasteiger partial charge in [0.05, 0.1) is 6.04 Å². The predicted molar refractivity (Wildman–Crippen MR) is 94.5 cm³/mol. The molecule has 2 rings (SSSR count). The molecule has 1 aliphatic heterocycles. The van der Waals surface area contributed by atoms with Crippen molar-refractivity contribution in [3.63, 3.8) is 0 Å². The Hall–Kier alpha value is -2.70. The van der Waals surface area contributed by atoms with E-state index in [1.807, 2.05) is 0 Å². The SMILES string of the molecule is C[C@@H]1c2cc(C=O)ccc2C(=O)N1[C@@H](CCC(N)=O)C(=O)OC(C)(C)C. The number of nitrogens with two attached hydrogens (primary N) is 1. The smallest absolute Gasteiger partial charge is 0.329 e. The van der Waals surface area contributed by atoms with Gasteiger partial charge in [0.1, 0.15) is 17.9 Å². The van der Waals surface area contributed by atoms with Gasteiger partial charge in [0.2, 0.25) is 5.91 Å². The van der Waals surface area contributed by atoms with Crippen molar-refractivity contribution in [1.29, 1.82) is 0 Å². The third-order valence-corrected chi connectivity index (χ3v) is 4.22. The summed E-state index contributed by atoms with van der Waals surface area (Å²) >= 11 is 0. The Balaban J connectivity index is 2.37. The largest absolute Gasteiger partial charge is 0.458 e. The summed E-state index contributed by atoms with van der Waals surface area (Å²) in [7, 11) is 0. The van der Waals surface area contributed by atoms with Gasteiger partial charge in [-0.25, -0.2) is 4.79 Å². The van der Waals surface area contributed by atoms with Crippen LogP contribution in [0.25, 0.3) is 0 Å². The number of fused-ring (bicyclic) bond motifs is 1. The first kappa shape index (κ1) is 19.6. The molecule has 1 heterocycles. The highest BCUT2D eigenvalue weighted by Crippen LogP contribution is 2.36. The van der Waals surface area contributed by atoms with Crippen LogP contribution in [-0.4, -0.2) is 40.6 Å². The van der Waals surface area contributed by atoms with E-state index in [-0.39, 0.29) is 18.7 Å². The Labute approximate surface area is 152 Å². The van der Waals surface area contributed by atoms with Crippen molar-refractivity contribution in [2.75, 3.05) is 0 Å². The molecular formula is C19H24N2O5. The lowest BCUT2D eigenvalue weighted by Crippen LogP contribution is -2.46. The fourth-order valence-corrected chi connectivity index (χ4v) is 3.09. The van der Waals surface area contributed by atoms with Crippen LogP contribution in [0.3, 0.4) is 0 Å². The van der Waals surface area contributed by atoms with Gasteiger partial charge in [-0.15, -0.1) is 0 Å². The van der Waals surface area contributed by atoms with Crippen molar-refractivity contribution >= 4 is 24.1 Å². The number of carbonyl (C=O) groups excluding carboxylic acids is 4. The van der Waals surface area contributed by atoms with Crippen LogP contribution in [0.2, 0.25) is 0 Å². The zero-order valence-electron chi connectivity index (χ0n) is 15.4. The second kappa shape index (κ2) is 7.27. The lowest BCUT2D eigenvalue weighted by atomic mass is 10.0. The van der Waals surface area contributed by atoms with Crippen molar-refractivity contribution < 1.29 is 23.9 Å². The minimum absolute atomic E-state index is 0.0453. The minimum atomic E-state index is -0.934. The van der Waals surface area contributed by atoms with E-state index in [9.17, 15) is 19.2 Å². The summed E-state index contributed by atoms with van der Waals surface area (Å²) in [6, 6.07) is 3.42. The maximum Gasteiger partial charge on any atom is 0.329 e. The van der Waals surface area contributed by atoms with E-state index in [4.69, 9.17) is 10.5 Å². The van der Waals surface area contributed by atoms with E-state index < -0.39 is 29.6 Å². The fourth-order valence-electron chi connectivity index (χ4n) is 3.09. The molecule has 0 aromatic heterocycles. The van der Waals surface area contributed by atoms with Gasteiger partial charge in [-0.3, -0.25) is 14.4 Å². The molecule has 0 saturated carbocycles. The first-order valence-corrected chi connectivity index (χ1v) is 8.48. The van der Waals surface area contributed by atoms with E-state index in [2.05, 4.69) is 0 Å². The number of primary amides is 1. The highest BCUT2D eigenvalue weighted by molar-refractivity contribution is 6.02. The third-order valence-electron chi connectivity index (χ3n) is 4.22. The molecule has 2 amide bonds. The summed E-state index contributed by atoms with van der Waals surface area (Å²) in [5.41, 5.74) is 6.06. The number of carbonyl (C=O) groups is 4. The molecule has 140 valence electrons. The molecule has 0 unspecified atom stereocenters. The molecule has 0 saturated heterocycles. The van der Waals surface area contributed by atoms with Crippen LogP contribution in [0.4, 0.5) is 0 Å². The Kier molecular flexibility index (Phi) is 5.49. The summed E-state index contributed by atoms with van der Waals surface area (Å²) in [6.45, 7) is 6.98. The van der Waals surface area contributed by atoms with E-state index in [1.54, 1.807) is 45.9 Å². The van der Waals surface area contributed by atoms with E-state index in [0.29, 0.717) is 23.0 Å². The second-order valence-electron chi connectivity index (χ2n) is 7.41. The van der Waals surface area contributed by atoms with Gasteiger partial charge >= 0.3 is 5.97 Å². The third kappa shape index (κ3) is 4.09. The zero-order valence-corrected chi connectivity index (χ0v) is 15.4. The summed E-state index contributed by atoms with van der Waals surface area (Å²) in [5.74, 6) is -1.47. The molecule has 2 N–H and O–H groups in total. The molecule has 0 aliphatic carbocycles. The molecule has 1 aromatic rings. The summed E-state index contributed by atoms with van der Waals surface area (Å²) in [6.07, 6.45) is 0.740. The van der Waals surface area contributed by atoms with Crippen molar-refractivity contribution in [3.05, 3.63) is 34.9 Å². The maximum absolute atomic E-state index is 12.9. The van der Waals surface area contributed by atoms with Crippen molar-refractivity contribution in [2.45, 2.75) is 58.2 Å². The van der Waals surface area contributed by atoms with Crippen molar-refractivity contribution in [2.24, 2.45) is 5.73 Å². The molecule has 0 radical (unpaired) electrons. The van der Waals surface area contributed by atoms with Gasteiger partial charge in [-0.1, -0.05) is 6.07 Å². The number of rotatable bonds is 6. The van der Waals surface area contributed by atoms with Gasteiger partial charge in [-0.05, 0) is 51.8 Å². The van der Waals surface area contributed by atoms with Gasteiger partial charge in [-0.2, -0.15) is 0 Å². The molecule has 0 fully saturated rings. The average Bonchev–Trinajstić information content (AvgIpc) is 2.77. The lowest BCUT2D eigenvalue weighted by Gasteiger charge is -2.32. The predicted octanol–water partition coefficient (Wildman–Crippen LogP) is 1.99. The van der Waals surface area contributed by atoms with Gasteiger partial charge in [0.25, 0.3) is 5.91 Å². The zero-order chi connectivity index (χ0) is 19.6. The summed E-state index contributed by atoms with van der Waals surface area (Å²) in [4.78, 5) is 49.2. The van der Waals surface area contributed by atoms with Crippen LogP contribution in [0.15, 0.2) is 18.2 Å². The summed E-state index contributed by atoms with van der Waals surface area (Å²) < 4.78 is 5.44. The van der Waals surface area contributed by atoms with E-state index in [0.717, 1.165) is 0 Å². The van der Waals surface area contributed by atoms with E-state index >= 15 is 0 Å². The molecule has 0 spiro atoms. The number of hydrogen-bond donors (Lipinski definition) is 1.